The standard InChI is InChI=1S/C14H20N4O/c1-2-7-18(8-9-19)10-13-16-12-6-4-3-5-11(12)14(15)17-13/h3-6,19H,2,7-10H2,1H3,(H2,15,16,17). The van der Waals surface area contributed by atoms with E-state index in [0.717, 1.165) is 23.9 Å². The average molecular weight is 260 g/mol. The molecule has 0 unspecified atom stereocenters. The van der Waals surface area contributed by atoms with Crippen LogP contribution >= 0.6 is 0 Å². The van der Waals surface area contributed by atoms with E-state index in [9.17, 15) is 0 Å². The van der Waals surface area contributed by atoms with E-state index in [4.69, 9.17) is 10.8 Å². The number of aliphatic hydroxyl groups excluding tert-OH is 1. The van der Waals surface area contributed by atoms with E-state index in [0.29, 0.717) is 24.7 Å². The van der Waals surface area contributed by atoms with Crippen LogP contribution in [-0.2, 0) is 6.54 Å². The minimum atomic E-state index is 0.142. The van der Waals surface area contributed by atoms with Gasteiger partial charge in [0.2, 0.25) is 0 Å². The Morgan fingerprint density at radius 3 is 2.74 bits per heavy atom. The summed E-state index contributed by atoms with van der Waals surface area (Å²) in [4.78, 5) is 11.0. The summed E-state index contributed by atoms with van der Waals surface area (Å²) in [6, 6.07) is 7.73. The molecule has 0 spiro atoms. The highest BCUT2D eigenvalue weighted by molar-refractivity contribution is 5.87. The smallest absolute Gasteiger partial charge is 0.145 e. The molecule has 1 aromatic carbocycles. The summed E-state index contributed by atoms with van der Waals surface area (Å²) >= 11 is 0. The summed E-state index contributed by atoms with van der Waals surface area (Å²) in [5.41, 5.74) is 6.83. The lowest BCUT2D eigenvalue weighted by Crippen LogP contribution is -2.28. The number of hydrogen-bond acceptors (Lipinski definition) is 5. The molecule has 3 N–H and O–H groups in total. The van der Waals surface area contributed by atoms with Crippen molar-refractivity contribution in [3.63, 3.8) is 0 Å². The number of nitrogen functional groups attached to an aromatic ring is 1. The summed E-state index contributed by atoms with van der Waals surface area (Å²) in [7, 11) is 0. The van der Waals surface area contributed by atoms with Crippen LogP contribution in [0.2, 0.25) is 0 Å². The largest absolute Gasteiger partial charge is 0.395 e. The van der Waals surface area contributed by atoms with Crippen molar-refractivity contribution in [2.24, 2.45) is 0 Å². The summed E-state index contributed by atoms with van der Waals surface area (Å²) in [6.45, 7) is 4.41. The third-order valence-corrected chi connectivity index (χ3v) is 3.00. The van der Waals surface area contributed by atoms with Crippen molar-refractivity contribution in [2.75, 3.05) is 25.4 Å². The number of para-hydroxylation sites is 1. The molecule has 0 saturated heterocycles. The fraction of sp³-hybridized carbons (Fsp3) is 0.429. The van der Waals surface area contributed by atoms with Crippen LogP contribution in [0.3, 0.4) is 0 Å². The molecule has 0 radical (unpaired) electrons. The van der Waals surface area contributed by atoms with Crippen molar-refractivity contribution < 1.29 is 5.11 Å². The second-order valence-electron chi connectivity index (χ2n) is 4.54. The lowest BCUT2D eigenvalue weighted by Gasteiger charge is -2.19. The first-order valence-corrected chi connectivity index (χ1v) is 6.59. The topological polar surface area (TPSA) is 75.3 Å². The molecule has 1 heterocycles. The maximum absolute atomic E-state index is 9.06. The maximum Gasteiger partial charge on any atom is 0.145 e. The first-order valence-electron chi connectivity index (χ1n) is 6.59. The molecule has 1 aromatic heterocycles. The molecule has 0 aliphatic heterocycles. The van der Waals surface area contributed by atoms with E-state index in [1.807, 2.05) is 24.3 Å². The maximum atomic E-state index is 9.06. The van der Waals surface area contributed by atoms with Gasteiger partial charge in [0.25, 0.3) is 0 Å². The normalized spacial score (nSPS) is 11.3. The van der Waals surface area contributed by atoms with E-state index in [2.05, 4.69) is 21.8 Å². The summed E-state index contributed by atoms with van der Waals surface area (Å²) in [5, 5.41) is 9.95. The molecule has 2 aromatic rings. The Balaban J connectivity index is 2.24. The molecule has 0 aliphatic carbocycles. The average Bonchev–Trinajstić information content (AvgIpc) is 2.39. The van der Waals surface area contributed by atoms with Gasteiger partial charge in [0.15, 0.2) is 0 Å². The lowest BCUT2D eigenvalue weighted by atomic mass is 10.2. The van der Waals surface area contributed by atoms with E-state index in [1.54, 1.807) is 0 Å². The molecule has 0 atom stereocenters. The summed E-state index contributed by atoms with van der Waals surface area (Å²) in [5.74, 6) is 1.22. The lowest BCUT2D eigenvalue weighted by molar-refractivity contribution is 0.187. The van der Waals surface area contributed by atoms with Gasteiger partial charge in [-0.25, -0.2) is 9.97 Å². The van der Waals surface area contributed by atoms with E-state index < -0.39 is 0 Å². The molecule has 5 heteroatoms. The van der Waals surface area contributed by atoms with Gasteiger partial charge in [-0.15, -0.1) is 0 Å². The molecule has 5 nitrogen and oxygen atoms in total. The van der Waals surface area contributed by atoms with E-state index in [-0.39, 0.29) is 6.61 Å². The van der Waals surface area contributed by atoms with Gasteiger partial charge in [0.05, 0.1) is 18.7 Å². The molecule has 0 amide bonds. The SMILES string of the molecule is CCCN(CCO)Cc1nc(N)c2ccccc2n1. The van der Waals surface area contributed by atoms with E-state index >= 15 is 0 Å². The van der Waals surface area contributed by atoms with Crippen LogP contribution in [0.4, 0.5) is 5.82 Å². The fourth-order valence-corrected chi connectivity index (χ4v) is 2.15. The zero-order chi connectivity index (χ0) is 13.7. The second kappa shape index (κ2) is 6.45. The van der Waals surface area contributed by atoms with Crippen LogP contribution in [0.15, 0.2) is 24.3 Å². The predicted octanol–water partition coefficient (Wildman–Crippen LogP) is 1.42. The van der Waals surface area contributed by atoms with Gasteiger partial charge in [-0.3, -0.25) is 4.90 Å². The van der Waals surface area contributed by atoms with Gasteiger partial charge in [0, 0.05) is 11.9 Å². The monoisotopic (exact) mass is 260 g/mol. The number of hydrogen-bond donors (Lipinski definition) is 2. The van der Waals surface area contributed by atoms with Gasteiger partial charge >= 0.3 is 0 Å². The summed E-state index contributed by atoms with van der Waals surface area (Å²) < 4.78 is 0. The predicted molar refractivity (Wildman–Crippen MR) is 76.6 cm³/mol. The van der Waals surface area contributed by atoms with Crippen LogP contribution in [0, 0.1) is 0 Å². The first kappa shape index (κ1) is 13.7. The number of fused-ring (bicyclic) bond motifs is 1. The Bertz CT molecular complexity index is 538. The molecular weight excluding hydrogens is 240 g/mol. The van der Waals surface area contributed by atoms with Crippen LogP contribution in [0.5, 0.6) is 0 Å². The number of anilines is 1. The molecule has 2 rings (SSSR count). The highest BCUT2D eigenvalue weighted by Gasteiger charge is 2.09. The van der Waals surface area contributed by atoms with Crippen LogP contribution in [-0.4, -0.2) is 39.7 Å². The third kappa shape index (κ3) is 3.39. The molecule has 0 bridgehead atoms. The Morgan fingerprint density at radius 1 is 1.21 bits per heavy atom. The quantitative estimate of drug-likeness (QED) is 0.821. The van der Waals surface area contributed by atoms with E-state index in [1.165, 1.54) is 0 Å². The Morgan fingerprint density at radius 2 is 2.00 bits per heavy atom. The minimum Gasteiger partial charge on any atom is -0.395 e. The molecular formula is C14H20N4O. The minimum absolute atomic E-state index is 0.142. The van der Waals surface area contributed by atoms with Crippen molar-refractivity contribution in [1.29, 1.82) is 0 Å². The zero-order valence-corrected chi connectivity index (χ0v) is 11.2. The van der Waals surface area contributed by atoms with Gasteiger partial charge in [-0.05, 0) is 25.1 Å². The molecule has 102 valence electrons. The molecule has 19 heavy (non-hydrogen) atoms. The fourth-order valence-electron chi connectivity index (χ4n) is 2.15. The zero-order valence-electron chi connectivity index (χ0n) is 11.2. The van der Waals surface area contributed by atoms with Crippen molar-refractivity contribution in [3.05, 3.63) is 30.1 Å². The third-order valence-electron chi connectivity index (χ3n) is 3.00. The Labute approximate surface area is 113 Å². The Kier molecular flexibility index (Phi) is 4.65. The number of aliphatic hydroxyl groups is 1. The van der Waals surface area contributed by atoms with Crippen LogP contribution in [0.1, 0.15) is 19.2 Å². The van der Waals surface area contributed by atoms with Gasteiger partial charge in [-0.2, -0.15) is 0 Å². The van der Waals surface area contributed by atoms with Crippen LogP contribution in [0.25, 0.3) is 10.9 Å². The molecule has 0 aliphatic rings. The highest BCUT2D eigenvalue weighted by atomic mass is 16.3. The number of nitrogens with zero attached hydrogens (tertiary/aromatic N) is 3. The van der Waals surface area contributed by atoms with Crippen molar-refractivity contribution >= 4 is 16.7 Å². The van der Waals surface area contributed by atoms with Crippen molar-refractivity contribution in [3.8, 4) is 0 Å². The first-order chi connectivity index (χ1) is 9.24. The number of rotatable bonds is 6. The number of benzene rings is 1. The van der Waals surface area contributed by atoms with Crippen molar-refractivity contribution in [2.45, 2.75) is 19.9 Å². The van der Waals surface area contributed by atoms with Crippen molar-refractivity contribution in [1.82, 2.24) is 14.9 Å². The van der Waals surface area contributed by atoms with Crippen LogP contribution < -0.4 is 5.73 Å². The van der Waals surface area contributed by atoms with Gasteiger partial charge in [0.1, 0.15) is 11.6 Å². The Hall–Kier alpha value is -1.72. The highest BCUT2D eigenvalue weighted by Crippen LogP contribution is 2.17. The number of nitrogens with two attached hydrogens (primary N) is 1. The molecule has 0 saturated carbocycles. The van der Waals surface area contributed by atoms with Gasteiger partial charge in [-0.1, -0.05) is 19.1 Å². The van der Waals surface area contributed by atoms with Gasteiger partial charge < -0.3 is 10.8 Å². The number of aromatic nitrogens is 2. The summed E-state index contributed by atoms with van der Waals surface area (Å²) in [6.07, 6.45) is 1.03. The second-order valence-corrected chi connectivity index (χ2v) is 4.54. The molecule has 0 fully saturated rings.